The molecular weight excluding hydrogens is 314 g/mol. The van der Waals surface area contributed by atoms with Crippen LogP contribution in [0.25, 0.3) is 11.3 Å². The molecule has 0 atom stereocenters. The van der Waals surface area contributed by atoms with Gasteiger partial charge in [0.15, 0.2) is 0 Å². The highest BCUT2D eigenvalue weighted by Gasteiger charge is 2.12. The number of rotatable bonds is 3. The molecule has 0 aliphatic carbocycles. The number of hydrogen-bond acceptors (Lipinski definition) is 2. The van der Waals surface area contributed by atoms with E-state index in [2.05, 4.69) is 10.3 Å². The van der Waals surface area contributed by atoms with Gasteiger partial charge >= 0.3 is 0 Å². The van der Waals surface area contributed by atoms with Gasteiger partial charge in [-0.15, -0.1) is 0 Å². The van der Waals surface area contributed by atoms with Crippen LogP contribution < -0.4 is 10.9 Å². The van der Waals surface area contributed by atoms with E-state index in [4.69, 9.17) is 0 Å². The molecule has 1 amide bonds. The fourth-order valence-corrected chi connectivity index (χ4v) is 2.18. The molecule has 24 heavy (non-hydrogen) atoms. The molecule has 2 aromatic carbocycles. The van der Waals surface area contributed by atoms with Crippen LogP contribution in [0.4, 0.5) is 14.5 Å². The van der Waals surface area contributed by atoms with E-state index in [1.165, 1.54) is 54.6 Å². The summed E-state index contributed by atoms with van der Waals surface area (Å²) in [5, 5.41) is 2.52. The third-order valence-corrected chi connectivity index (χ3v) is 3.41. The molecule has 3 rings (SSSR count). The number of carbonyl (C=O) groups excluding carboxylic acids is 1. The molecule has 0 fully saturated rings. The van der Waals surface area contributed by atoms with Crippen molar-refractivity contribution in [3.63, 3.8) is 0 Å². The summed E-state index contributed by atoms with van der Waals surface area (Å²) in [7, 11) is 0. The number of H-pyrrole nitrogens is 1. The van der Waals surface area contributed by atoms with Gasteiger partial charge in [0, 0.05) is 11.4 Å². The van der Waals surface area contributed by atoms with E-state index >= 15 is 0 Å². The van der Waals surface area contributed by atoms with Gasteiger partial charge in [0.1, 0.15) is 17.2 Å². The molecule has 0 unspecified atom stereocenters. The van der Waals surface area contributed by atoms with E-state index in [1.54, 1.807) is 6.07 Å². The Labute approximate surface area is 135 Å². The van der Waals surface area contributed by atoms with Crippen molar-refractivity contribution in [3.8, 4) is 11.3 Å². The number of benzene rings is 2. The van der Waals surface area contributed by atoms with Crippen molar-refractivity contribution in [3.05, 3.63) is 88.2 Å². The number of aromatic amines is 1. The predicted molar refractivity (Wildman–Crippen MR) is 86.8 cm³/mol. The number of anilines is 1. The molecule has 0 aliphatic heterocycles. The van der Waals surface area contributed by atoms with Crippen LogP contribution in [0.1, 0.15) is 10.4 Å². The average molecular weight is 326 g/mol. The Morgan fingerprint density at radius 3 is 2.00 bits per heavy atom. The lowest BCUT2D eigenvalue weighted by molar-refractivity contribution is 0.102. The van der Waals surface area contributed by atoms with Gasteiger partial charge in [-0.2, -0.15) is 0 Å². The lowest BCUT2D eigenvalue weighted by Crippen LogP contribution is -2.23. The van der Waals surface area contributed by atoms with Gasteiger partial charge in [-0.25, -0.2) is 8.78 Å². The normalized spacial score (nSPS) is 10.4. The molecule has 4 nitrogen and oxygen atoms in total. The maximum atomic E-state index is 12.9. The van der Waals surface area contributed by atoms with Gasteiger partial charge in [0.05, 0.1) is 0 Å². The van der Waals surface area contributed by atoms with Crippen LogP contribution in [0.15, 0.2) is 65.5 Å². The van der Waals surface area contributed by atoms with Gasteiger partial charge < -0.3 is 10.3 Å². The first-order valence-corrected chi connectivity index (χ1v) is 7.09. The first kappa shape index (κ1) is 15.6. The van der Waals surface area contributed by atoms with Crippen molar-refractivity contribution < 1.29 is 13.6 Å². The fourth-order valence-electron chi connectivity index (χ4n) is 2.18. The topological polar surface area (TPSA) is 62.0 Å². The van der Waals surface area contributed by atoms with Gasteiger partial charge in [0.2, 0.25) is 0 Å². The Morgan fingerprint density at radius 2 is 1.42 bits per heavy atom. The molecule has 0 saturated heterocycles. The molecule has 0 aliphatic rings. The highest BCUT2D eigenvalue weighted by atomic mass is 19.1. The number of aromatic nitrogens is 1. The zero-order valence-corrected chi connectivity index (χ0v) is 12.3. The average Bonchev–Trinajstić information content (AvgIpc) is 2.57. The van der Waals surface area contributed by atoms with Crippen LogP contribution in [-0.4, -0.2) is 10.9 Å². The Bertz CT molecular complexity index is 932. The molecule has 3 aromatic rings. The number of halogens is 2. The van der Waals surface area contributed by atoms with E-state index in [-0.39, 0.29) is 11.4 Å². The maximum Gasteiger partial charge on any atom is 0.261 e. The fraction of sp³-hybridized carbons (Fsp3) is 0. The SMILES string of the molecule is O=C(Nc1ccc(F)cc1)c1ccc(-c2ccc(F)cc2)[nH]c1=O. The number of nitrogens with one attached hydrogen (secondary N) is 2. The van der Waals surface area contributed by atoms with Crippen molar-refractivity contribution in [2.45, 2.75) is 0 Å². The van der Waals surface area contributed by atoms with Crippen LogP contribution >= 0.6 is 0 Å². The summed E-state index contributed by atoms with van der Waals surface area (Å²) in [6.07, 6.45) is 0. The second kappa shape index (κ2) is 6.45. The Balaban J connectivity index is 1.84. The molecule has 0 spiro atoms. The number of hydrogen-bond donors (Lipinski definition) is 2. The minimum absolute atomic E-state index is 0.0785. The molecule has 2 N–H and O–H groups in total. The van der Waals surface area contributed by atoms with E-state index in [0.29, 0.717) is 16.9 Å². The van der Waals surface area contributed by atoms with Crippen molar-refractivity contribution in [1.29, 1.82) is 0 Å². The van der Waals surface area contributed by atoms with Crippen molar-refractivity contribution in [2.24, 2.45) is 0 Å². The molecular formula is C18H12F2N2O2. The third-order valence-electron chi connectivity index (χ3n) is 3.41. The Morgan fingerprint density at radius 1 is 0.833 bits per heavy atom. The first-order chi connectivity index (χ1) is 11.5. The van der Waals surface area contributed by atoms with Crippen LogP contribution in [0, 0.1) is 11.6 Å². The number of pyridine rings is 1. The third kappa shape index (κ3) is 3.38. The van der Waals surface area contributed by atoms with E-state index < -0.39 is 17.3 Å². The minimum atomic E-state index is -0.603. The predicted octanol–water partition coefficient (Wildman–Crippen LogP) is 3.57. The van der Waals surface area contributed by atoms with E-state index in [9.17, 15) is 18.4 Å². The van der Waals surface area contributed by atoms with Crippen LogP contribution in [-0.2, 0) is 0 Å². The highest BCUT2D eigenvalue weighted by Crippen LogP contribution is 2.16. The second-order valence-electron chi connectivity index (χ2n) is 5.08. The highest BCUT2D eigenvalue weighted by molar-refractivity contribution is 6.04. The monoisotopic (exact) mass is 326 g/mol. The van der Waals surface area contributed by atoms with Gasteiger partial charge in [0.25, 0.3) is 11.5 Å². The summed E-state index contributed by atoms with van der Waals surface area (Å²) in [6.45, 7) is 0. The quantitative estimate of drug-likeness (QED) is 0.773. The number of carbonyl (C=O) groups is 1. The minimum Gasteiger partial charge on any atom is -0.322 e. The van der Waals surface area contributed by atoms with Crippen molar-refractivity contribution in [1.82, 2.24) is 4.98 Å². The summed E-state index contributed by atoms with van der Waals surface area (Å²) < 4.78 is 25.8. The standard InChI is InChI=1S/C18H12F2N2O2/c19-12-3-1-11(2-4-12)16-10-9-15(18(24)22-16)17(23)21-14-7-5-13(20)6-8-14/h1-10H,(H,21,23)(H,22,24). The summed E-state index contributed by atoms with van der Waals surface area (Å²) in [5.41, 5.74) is 0.822. The Kier molecular flexibility index (Phi) is 4.20. The molecule has 6 heteroatoms. The van der Waals surface area contributed by atoms with Crippen molar-refractivity contribution >= 4 is 11.6 Å². The molecule has 1 aromatic heterocycles. The molecule has 0 bridgehead atoms. The molecule has 1 heterocycles. The largest absolute Gasteiger partial charge is 0.322 e. The zero-order chi connectivity index (χ0) is 17.1. The number of amides is 1. The van der Waals surface area contributed by atoms with Gasteiger partial charge in [-0.05, 0) is 66.2 Å². The van der Waals surface area contributed by atoms with Crippen LogP contribution in [0.2, 0.25) is 0 Å². The summed E-state index contributed by atoms with van der Waals surface area (Å²) in [6, 6.07) is 13.8. The zero-order valence-electron chi connectivity index (χ0n) is 12.3. The smallest absolute Gasteiger partial charge is 0.261 e. The maximum absolute atomic E-state index is 12.9. The summed E-state index contributed by atoms with van der Waals surface area (Å²) >= 11 is 0. The molecule has 0 radical (unpaired) electrons. The second-order valence-corrected chi connectivity index (χ2v) is 5.08. The Hall–Kier alpha value is -3.28. The van der Waals surface area contributed by atoms with Crippen LogP contribution in [0.5, 0.6) is 0 Å². The molecule has 0 saturated carbocycles. The lowest BCUT2D eigenvalue weighted by atomic mass is 10.1. The first-order valence-electron chi connectivity index (χ1n) is 7.09. The lowest BCUT2D eigenvalue weighted by Gasteiger charge is -2.06. The van der Waals surface area contributed by atoms with E-state index in [1.807, 2.05) is 0 Å². The van der Waals surface area contributed by atoms with E-state index in [0.717, 1.165) is 0 Å². The van der Waals surface area contributed by atoms with Crippen molar-refractivity contribution in [2.75, 3.05) is 5.32 Å². The van der Waals surface area contributed by atoms with Gasteiger partial charge in [-0.1, -0.05) is 0 Å². The van der Waals surface area contributed by atoms with Gasteiger partial charge in [-0.3, -0.25) is 9.59 Å². The summed E-state index contributed by atoms with van der Waals surface area (Å²) in [4.78, 5) is 26.8. The van der Waals surface area contributed by atoms with Crippen LogP contribution in [0.3, 0.4) is 0 Å². The summed E-state index contributed by atoms with van der Waals surface area (Å²) in [5.74, 6) is -1.40. The molecule has 120 valence electrons.